The molecule has 3 aromatic rings. The molecule has 0 saturated carbocycles. The molecule has 1 atom stereocenters. The zero-order valence-corrected chi connectivity index (χ0v) is 19.2. The first-order valence-corrected chi connectivity index (χ1v) is 11.4. The molecule has 2 heterocycles. The Balaban J connectivity index is 1.31. The minimum absolute atomic E-state index is 0.0259. The molecule has 1 aromatic heterocycles. The number of ether oxygens (including phenoxy) is 1. The van der Waals surface area contributed by atoms with E-state index in [4.69, 9.17) is 16.3 Å². The number of rotatable bonds is 8. The molecular weight excluding hydrogens is 442 g/mol. The number of likely N-dealkylation sites (tertiary alicyclic amines) is 1. The van der Waals surface area contributed by atoms with Crippen LogP contribution in [-0.4, -0.2) is 47.4 Å². The van der Waals surface area contributed by atoms with E-state index in [9.17, 15) is 14.4 Å². The number of amides is 2. The van der Waals surface area contributed by atoms with E-state index >= 15 is 0 Å². The monoisotopic (exact) mass is 467 g/mol. The van der Waals surface area contributed by atoms with E-state index in [1.165, 1.54) is 0 Å². The lowest BCUT2D eigenvalue weighted by molar-refractivity contribution is -0.128. The minimum Gasteiger partial charge on any atom is -0.462 e. The predicted molar refractivity (Wildman–Crippen MR) is 127 cm³/mol. The second kappa shape index (κ2) is 10.1. The summed E-state index contributed by atoms with van der Waals surface area (Å²) in [6.45, 7) is 3.22. The highest BCUT2D eigenvalue weighted by Crippen LogP contribution is 2.25. The average Bonchev–Trinajstić information content (AvgIpc) is 3.39. The summed E-state index contributed by atoms with van der Waals surface area (Å²) in [5, 5.41) is 4.56. The molecule has 0 unspecified atom stereocenters. The largest absolute Gasteiger partial charge is 0.462 e. The Morgan fingerprint density at radius 3 is 2.76 bits per heavy atom. The van der Waals surface area contributed by atoms with Gasteiger partial charge in [0.15, 0.2) is 0 Å². The minimum atomic E-state index is -0.413. The van der Waals surface area contributed by atoms with E-state index in [2.05, 4.69) is 10.3 Å². The highest BCUT2D eigenvalue weighted by atomic mass is 35.5. The van der Waals surface area contributed by atoms with E-state index in [0.717, 1.165) is 22.9 Å². The first-order chi connectivity index (χ1) is 15.9. The van der Waals surface area contributed by atoms with Crippen LogP contribution in [0.4, 0.5) is 5.69 Å². The first-order valence-electron chi connectivity index (χ1n) is 11.1. The lowest BCUT2D eigenvalue weighted by Crippen LogP contribution is -2.30. The van der Waals surface area contributed by atoms with Gasteiger partial charge in [-0.15, -0.1) is 0 Å². The highest BCUT2D eigenvalue weighted by Gasteiger charge is 2.34. The number of hydrogen-bond acceptors (Lipinski definition) is 4. The van der Waals surface area contributed by atoms with Crippen LogP contribution >= 0.6 is 11.6 Å². The lowest BCUT2D eigenvalue weighted by Gasteiger charge is -2.16. The number of esters is 1. The van der Waals surface area contributed by atoms with Crippen LogP contribution in [0.3, 0.4) is 0 Å². The lowest BCUT2D eigenvalue weighted by atomic mass is 10.1. The number of benzene rings is 2. The topological polar surface area (TPSA) is 91.5 Å². The molecule has 1 fully saturated rings. The number of H-pyrrole nitrogens is 1. The molecule has 0 spiro atoms. The SMILES string of the molecule is CCCOC(=O)c1ccc(NC(=O)[C@@H]2CC(=O)N(CCc3c[nH]c4ccc(Cl)cc34)C2)cc1. The van der Waals surface area contributed by atoms with Crippen LogP contribution in [0.25, 0.3) is 10.9 Å². The number of carbonyl (C=O) groups is 3. The number of anilines is 1. The number of nitrogens with zero attached hydrogens (tertiary/aromatic N) is 1. The molecule has 0 aliphatic carbocycles. The van der Waals surface area contributed by atoms with Crippen molar-refractivity contribution in [2.75, 3.05) is 25.0 Å². The fourth-order valence-electron chi connectivity index (χ4n) is 3.99. The van der Waals surface area contributed by atoms with Crippen molar-refractivity contribution in [2.45, 2.75) is 26.2 Å². The van der Waals surface area contributed by atoms with Gasteiger partial charge < -0.3 is 19.9 Å². The van der Waals surface area contributed by atoms with Gasteiger partial charge in [-0.25, -0.2) is 4.79 Å². The van der Waals surface area contributed by atoms with Crippen molar-refractivity contribution in [1.29, 1.82) is 0 Å². The molecule has 2 aromatic carbocycles. The zero-order chi connectivity index (χ0) is 23.4. The molecule has 172 valence electrons. The maximum absolute atomic E-state index is 12.7. The van der Waals surface area contributed by atoms with Crippen molar-refractivity contribution in [3.8, 4) is 0 Å². The number of hydrogen-bond donors (Lipinski definition) is 2. The quantitative estimate of drug-likeness (QED) is 0.480. The van der Waals surface area contributed by atoms with Gasteiger partial charge in [0, 0.05) is 47.3 Å². The van der Waals surface area contributed by atoms with Crippen LogP contribution in [0.5, 0.6) is 0 Å². The van der Waals surface area contributed by atoms with Crippen LogP contribution in [0.15, 0.2) is 48.7 Å². The fourth-order valence-corrected chi connectivity index (χ4v) is 4.16. The number of fused-ring (bicyclic) bond motifs is 1. The number of aromatic nitrogens is 1. The highest BCUT2D eigenvalue weighted by molar-refractivity contribution is 6.31. The summed E-state index contributed by atoms with van der Waals surface area (Å²) in [4.78, 5) is 42.1. The van der Waals surface area contributed by atoms with Gasteiger partial charge in [0.2, 0.25) is 11.8 Å². The van der Waals surface area contributed by atoms with E-state index < -0.39 is 5.92 Å². The third-order valence-corrected chi connectivity index (χ3v) is 6.03. The van der Waals surface area contributed by atoms with Crippen molar-refractivity contribution in [3.63, 3.8) is 0 Å². The van der Waals surface area contributed by atoms with Crippen LogP contribution in [0.1, 0.15) is 35.7 Å². The van der Waals surface area contributed by atoms with Crippen LogP contribution in [-0.2, 0) is 20.7 Å². The third kappa shape index (κ3) is 5.37. The number of halogens is 1. The normalized spacial score (nSPS) is 15.8. The van der Waals surface area contributed by atoms with Gasteiger partial charge >= 0.3 is 5.97 Å². The van der Waals surface area contributed by atoms with E-state index in [1.807, 2.05) is 31.3 Å². The third-order valence-electron chi connectivity index (χ3n) is 5.79. The Morgan fingerprint density at radius 1 is 1.21 bits per heavy atom. The molecule has 7 nitrogen and oxygen atoms in total. The summed E-state index contributed by atoms with van der Waals surface area (Å²) >= 11 is 6.12. The summed E-state index contributed by atoms with van der Waals surface area (Å²) in [5.74, 6) is -1.03. The molecular formula is C25H26ClN3O4. The Kier molecular flexibility index (Phi) is 6.99. The smallest absolute Gasteiger partial charge is 0.338 e. The van der Waals surface area contributed by atoms with Crippen LogP contribution in [0.2, 0.25) is 5.02 Å². The molecule has 0 radical (unpaired) electrons. The van der Waals surface area contributed by atoms with E-state index in [0.29, 0.717) is 42.4 Å². The summed E-state index contributed by atoms with van der Waals surface area (Å²) in [6.07, 6.45) is 3.56. The zero-order valence-electron chi connectivity index (χ0n) is 18.4. The molecule has 0 bridgehead atoms. The Labute approximate surface area is 197 Å². The van der Waals surface area contributed by atoms with Gasteiger partial charge in [-0.3, -0.25) is 9.59 Å². The van der Waals surface area contributed by atoms with Crippen LogP contribution in [0, 0.1) is 5.92 Å². The molecule has 8 heteroatoms. The molecule has 1 aliphatic rings. The summed E-state index contributed by atoms with van der Waals surface area (Å²) in [5.41, 5.74) is 3.10. The van der Waals surface area contributed by atoms with Crippen molar-refractivity contribution in [3.05, 3.63) is 64.8 Å². The summed E-state index contributed by atoms with van der Waals surface area (Å²) in [6, 6.07) is 12.3. The predicted octanol–water partition coefficient (Wildman–Crippen LogP) is 4.42. The van der Waals surface area contributed by atoms with Crippen molar-refractivity contribution in [2.24, 2.45) is 5.92 Å². The fraction of sp³-hybridized carbons (Fsp3) is 0.320. The van der Waals surface area contributed by atoms with Gasteiger partial charge in [-0.2, -0.15) is 0 Å². The molecule has 2 amide bonds. The number of carbonyl (C=O) groups excluding carboxylic acids is 3. The van der Waals surface area contributed by atoms with E-state index in [-0.39, 0.29) is 24.2 Å². The Hall–Kier alpha value is -3.32. The second-order valence-electron chi connectivity index (χ2n) is 8.20. The Morgan fingerprint density at radius 2 is 2.00 bits per heavy atom. The molecule has 4 rings (SSSR count). The Bertz CT molecular complexity index is 1170. The van der Waals surface area contributed by atoms with Gasteiger partial charge in [0.05, 0.1) is 18.1 Å². The molecule has 33 heavy (non-hydrogen) atoms. The molecule has 2 N–H and O–H groups in total. The maximum atomic E-state index is 12.7. The average molecular weight is 468 g/mol. The van der Waals surface area contributed by atoms with Crippen molar-refractivity contribution in [1.82, 2.24) is 9.88 Å². The van der Waals surface area contributed by atoms with Crippen LogP contribution < -0.4 is 5.32 Å². The van der Waals surface area contributed by atoms with Gasteiger partial charge in [0.25, 0.3) is 0 Å². The van der Waals surface area contributed by atoms with E-state index in [1.54, 1.807) is 29.2 Å². The first kappa shape index (κ1) is 22.9. The number of nitrogens with one attached hydrogen (secondary N) is 2. The van der Waals surface area contributed by atoms with Gasteiger partial charge in [-0.1, -0.05) is 18.5 Å². The van der Waals surface area contributed by atoms with Gasteiger partial charge in [0.1, 0.15) is 0 Å². The second-order valence-corrected chi connectivity index (χ2v) is 8.63. The number of aromatic amines is 1. The summed E-state index contributed by atoms with van der Waals surface area (Å²) < 4.78 is 5.10. The van der Waals surface area contributed by atoms with Crippen molar-refractivity contribution >= 4 is 46.0 Å². The van der Waals surface area contributed by atoms with Crippen molar-refractivity contribution < 1.29 is 19.1 Å². The molecule has 1 aliphatic heterocycles. The maximum Gasteiger partial charge on any atom is 0.338 e. The van der Waals surface area contributed by atoms with Gasteiger partial charge in [-0.05, 0) is 60.9 Å². The standard InChI is InChI=1S/C25H26ClN3O4/c1-2-11-33-25(32)16-3-6-20(7-4-16)28-24(31)18-12-23(30)29(15-18)10-9-17-14-27-22-8-5-19(26)13-21(17)22/h3-8,13-14,18,27H,2,9-12,15H2,1H3,(H,28,31)/t18-/m1/s1. The summed E-state index contributed by atoms with van der Waals surface area (Å²) in [7, 11) is 0. The molecule has 1 saturated heterocycles.